The second-order valence-corrected chi connectivity index (χ2v) is 2.34. The molecule has 1 N–H and O–H groups in total. The van der Waals surface area contributed by atoms with E-state index in [-0.39, 0.29) is 0 Å². The van der Waals surface area contributed by atoms with Crippen molar-refractivity contribution >= 4 is 6.34 Å². The van der Waals surface area contributed by atoms with Crippen LogP contribution in [0.4, 0.5) is 0 Å². The second-order valence-electron chi connectivity index (χ2n) is 2.34. The molecular formula is C6H13N3. The Morgan fingerprint density at radius 2 is 2.56 bits per heavy atom. The molecule has 3 nitrogen and oxygen atoms in total. The third-order valence-electron chi connectivity index (χ3n) is 1.71. The molecule has 0 aromatic heterocycles. The van der Waals surface area contributed by atoms with Gasteiger partial charge in [-0.25, -0.2) is 0 Å². The van der Waals surface area contributed by atoms with Crippen molar-refractivity contribution in [2.75, 3.05) is 13.6 Å². The Labute approximate surface area is 55.7 Å². The van der Waals surface area contributed by atoms with Gasteiger partial charge >= 0.3 is 0 Å². The van der Waals surface area contributed by atoms with E-state index in [1.807, 2.05) is 6.34 Å². The number of hydrogen-bond acceptors (Lipinski definition) is 2. The normalized spacial score (nSPS) is 26.4. The summed E-state index contributed by atoms with van der Waals surface area (Å²) in [6.07, 6.45) is 3.16. The maximum Gasteiger partial charge on any atom is 0.111 e. The molecule has 0 aromatic carbocycles. The maximum absolute atomic E-state index is 3.90. The van der Waals surface area contributed by atoms with Crippen LogP contribution in [-0.2, 0) is 0 Å². The van der Waals surface area contributed by atoms with E-state index in [9.17, 15) is 0 Å². The molecular weight excluding hydrogens is 114 g/mol. The molecule has 1 fully saturated rings. The highest BCUT2D eigenvalue weighted by molar-refractivity contribution is 5.56. The predicted octanol–water partition coefficient (Wildman–Crippen LogP) is 0.243. The van der Waals surface area contributed by atoms with Crippen LogP contribution in [0.5, 0.6) is 0 Å². The Morgan fingerprint density at radius 1 is 1.78 bits per heavy atom. The lowest BCUT2D eigenvalue weighted by Gasteiger charge is -2.36. The number of rotatable bonds is 2. The third kappa shape index (κ3) is 1.34. The van der Waals surface area contributed by atoms with Crippen molar-refractivity contribution in [3.63, 3.8) is 0 Å². The smallest absolute Gasteiger partial charge is 0.111 e. The van der Waals surface area contributed by atoms with E-state index in [0.717, 1.165) is 6.54 Å². The molecule has 0 radical (unpaired) electrons. The second kappa shape index (κ2) is 2.71. The van der Waals surface area contributed by atoms with Gasteiger partial charge in [-0.15, -0.1) is 0 Å². The summed E-state index contributed by atoms with van der Waals surface area (Å²) < 4.78 is 0. The third-order valence-corrected chi connectivity index (χ3v) is 1.71. The van der Waals surface area contributed by atoms with Crippen molar-refractivity contribution in [2.24, 2.45) is 5.10 Å². The average molecular weight is 127 g/mol. The maximum atomic E-state index is 3.90. The van der Waals surface area contributed by atoms with Crippen LogP contribution >= 0.6 is 0 Å². The fourth-order valence-corrected chi connectivity index (χ4v) is 0.840. The van der Waals surface area contributed by atoms with Gasteiger partial charge in [0.05, 0.1) is 0 Å². The molecule has 0 aliphatic carbocycles. The molecule has 1 heterocycles. The molecule has 9 heavy (non-hydrogen) atoms. The van der Waals surface area contributed by atoms with E-state index < -0.39 is 0 Å². The number of hydrogen-bond donors (Lipinski definition) is 1. The van der Waals surface area contributed by atoms with Gasteiger partial charge in [-0.3, -0.25) is 0 Å². The Morgan fingerprint density at radius 3 is 2.89 bits per heavy atom. The first-order valence-corrected chi connectivity index (χ1v) is 3.30. The van der Waals surface area contributed by atoms with Crippen molar-refractivity contribution < 1.29 is 0 Å². The van der Waals surface area contributed by atoms with Crippen LogP contribution in [0.1, 0.15) is 13.3 Å². The predicted molar refractivity (Wildman–Crippen MR) is 38.3 cm³/mol. The summed E-state index contributed by atoms with van der Waals surface area (Å²) in [7, 11) is 1.81. The average Bonchev–Trinajstić information content (AvgIpc) is 1.86. The largest absolute Gasteiger partial charge is 0.358 e. The Kier molecular flexibility index (Phi) is 1.92. The quantitative estimate of drug-likeness (QED) is 0.327. The monoisotopic (exact) mass is 127 g/mol. The lowest BCUT2D eigenvalue weighted by Crippen LogP contribution is -2.44. The van der Waals surface area contributed by atoms with E-state index in [1.165, 1.54) is 6.42 Å². The zero-order chi connectivity index (χ0) is 6.69. The summed E-state index contributed by atoms with van der Waals surface area (Å²) in [4.78, 5) is 2.20. The van der Waals surface area contributed by atoms with E-state index >= 15 is 0 Å². The SMILES string of the molecule is CN/N=C\N1CCC1C. The standard InChI is InChI=1S/C6H13N3/c1-6-3-4-9(6)5-8-7-2/h5-7H,3-4H2,1-2H3/b8-5-. The van der Waals surface area contributed by atoms with E-state index in [1.54, 1.807) is 7.05 Å². The Bertz CT molecular complexity index is 111. The first-order valence-electron chi connectivity index (χ1n) is 3.30. The van der Waals surface area contributed by atoms with Gasteiger partial charge in [0.2, 0.25) is 0 Å². The highest BCUT2D eigenvalue weighted by Gasteiger charge is 2.19. The molecule has 0 aromatic rings. The van der Waals surface area contributed by atoms with Crippen LogP contribution < -0.4 is 5.43 Å². The van der Waals surface area contributed by atoms with Crippen molar-refractivity contribution in [3.8, 4) is 0 Å². The summed E-state index contributed by atoms with van der Waals surface area (Å²) in [5.41, 5.74) is 2.72. The first kappa shape index (κ1) is 6.39. The van der Waals surface area contributed by atoms with Crippen LogP contribution in [0.15, 0.2) is 5.10 Å². The van der Waals surface area contributed by atoms with Crippen LogP contribution in [-0.4, -0.2) is 30.9 Å². The molecule has 1 saturated heterocycles. The minimum absolute atomic E-state index is 0.696. The van der Waals surface area contributed by atoms with Crippen molar-refractivity contribution in [2.45, 2.75) is 19.4 Å². The molecule has 1 rings (SSSR count). The molecule has 0 saturated carbocycles. The van der Waals surface area contributed by atoms with Crippen LogP contribution in [0, 0.1) is 0 Å². The number of nitrogens with zero attached hydrogens (tertiary/aromatic N) is 2. The molecule has 0 bridgehead atoms. The summed E-state index contributed by atoms with van der Waals surface area (Å²) in [6, 6.07) is 0.696. The fourth-order valence-electron chi connectivity index (χ4n) is 0.840. The van der Waals surface area contributed by atoms with Gasteiger partial charge in [-0.2, -0.15) is 5.10 Å². The minimum atomic E-state index is 0.696. The molecule has 3 heteroatoms. The highest BCUT2D eigenvalue weighted by atomic mass is 15.3. The molecule has 1 aliphatic heterocycles. The van der Waals surface area contributed by atoms with Crippen LogP contribution in [0.25, 0.3) is 0 Å². The lowest BCUT2D eigenvalue weighted by molar-refractivity contribution is 0.210. The minimum Gasteiger partial charge on any atom is -0.358 e. The molecule has 52 valence electrons. The van der Waals surface area contributed by atoms with Crippen molar-refractivity contribution in [3.05, 3.63) is 0 Å². The summed E-state index contributed by atoms with van der Waals surface area (Å²) >= 11 is 0. The van der Waals surface area contributed by atoms with Gasteiger partial charge < -0.3 is 10.3 Å². The van der Waals surface area contributed by atoms with Gasteiger partial charge in [-0.05, 0) is 13.3 Å². The highest BCUT2D eigenvalue weighted by Crippen LogP contribution is 2.12. The molecule has 1 unspecified atom stereocenters. The van der Waals surface area contributed by atoms with Gasteiger partial charge in [0.15, 0.2) is 0 Å². The molecule has 1 atom stereocenters. The summed E-state index contributed by atoms with van der Waals surface area (Å²) in [5, 5.41) is 3.90. The summed E-state index contributed by atoms with van der Waals surface area (Å²) in [6.45, 7) is 3.36. The van der Waals surface area contributed by atoms with Crippen molar-refractivity contribution in [1.82, 2.24) is 10.3 Å². The number of hydrazone groups is 1. The van der Waals surface area contributed by atoms with E-state index in [0.29, 0.717) is 6.04 Å². The van der Waals surface area contributed by atoms with Gasteiger partial charge in [0.25, 0.3) is 0 Å². The number of likely N-dealkylation sites (tertiary alicyclic amines) is 1. The van der Waals surface area contributed by atoms with Crippen LogP contribution in [0.3, 0.4) is 0 Å². The zero-order valence-electron chi connectivity index (χ0n) is 5.96. The topological polar surface area (TPSA) is 27.6 Å². The van der Waals surface area contributed by atoms with Gasteiger partial charge in [0.1, 0.15) is 6.34 Å². The molecule has 0 amide bonds. The van der Waals surface area contributed by atoms with Gasteiger partial charge in [-0.1, -0.05) is 0 Å². The zero-order valence-corrected chi connectivity index (χ0v) is 5.96. The van der Waals surface area contributed by atoms with Gasteiger partial charge in [0, 0.05) is 19.6 Å². The van der Waals surface area contributed by atoms with Crippen molar-refractivity contribution in [1.29, 1.82) is 0 Å². The molecule has 1 aliphatic rings. The van der Waals surface area contributed by atoms with E-state index in [4.69, 9.17) is 0 Å². The Balaban J connectivity index is 2.20. The number of nitrogens with one attached hydrogen (secondary N) is 1. The van der Waals surface area contributed by atoms with E-state index in [2.05, 4.69) is 22.4 Å². The van der Waals surface area contributed by atoms with Crippen LogP contribution in [0.2, 0.25) is 0 Å². The molecule has 0 spiro atoms. The summed E-state index contributed by atoms with van der Waals surface area (Å²) in [5.74, 6) is 0. The Hall–Kier alpha value is -0.730. The first-order chi connectivity index (χ1) is 4.34. The fraction of sp³-hybridized carbons (Fsp3) is 0.833. The lowest BCUT2D eigenvalue weighted by atomic mass is 10.1.